The third-order valence-corrected chi connectivity index (χ3v) is 4.61. The molecule has 1 aliphatic rings. The van der Waals surface area contributed by atoms with Gasteiger partial charge in [0.05, 0.1) is 24.4 Å². The predicted octanol–water partition coefficient (Wildman–Crippen LogP) is 2.82. The highest BCUT2D eigenvalue weighted by atomic mass is 35.5. The average Bonchev–Trinajstić information content (AvgIpc) is 3.01. The molecule has 0 fully saturated rings. The highest BCUT2D eigenvalue weighted by molar-refractivity contribution is 6.35. The van der Waals surface area contributed by atoms with E-state index in [1.54, 1.807) is 37.1 Å². The number of likely N-dealkylation sites (N-methyl/N-ethyl adjacent to an activating group) is 1. The Labute approximate surface area is 149 Å². The topological polar surface area (TPSA) is 78.6 Å². The van der Waals surface area contributed by atoms with Gasteiger partial charge >= 0.3 is 0 Å². The second-order valence-electron chi connectivity index (χ2n) is 5.97. The van der Waals surface area contributed by atoms with Gasteiger partial charge in [-0.05, 0) is 37.2 Å². The monoisotopic (exact) mass is 369 g/mol. The molecule has 0 bridgehead atoms. The van der Waals surface area contributed by atoms with Crippen molar-refractivity contribution in [1.82, 2.24) is 10.1 Å². The molecule has 1 heterocycles. The SMILES string of the molecule is Cc1cc(NC(=O)CN(C)[C@@H]2c3cc(Cl)cc(Cl)c3C[C@H]2O)on1. The Morgan fingerprint density at radius 1 is 1.46 bits per heavy atom. The molecule has 2 atom stereocenters. The minimum Gasteiger partial charge on any atom is -0.391 e. The maximum atomic E-state index is 12.2. The van der Waals surface area contributed by atoms with E-state index in [2.05, 4.69) is 10.5 Å². The molecule has 1 amide bonds. The smallest absolute Gasteiger partial charge is 0.240 e. The van der Waals surface area contributed by atoms with E-state index in [-0.39, 0.29) is 18.5 Å². The summed E-state index contributed by atoms with van der Waals surface area (Å²) in [4.78, 5) is 13.9. The number of aromatic nitrogens is 1. The molecule has 128 valence electrons. The van der Waals surface area contributed by atoms with E-state index in [9.17, 15) is 9.90 Å². The number of hydrogen-bond donors (Lipinski definition) is 2. The standard InChI is InChI=1S/C16H17Cl2N3O3/c1-8-3-15(24-20-8)19-14(23)7-21(2)16-11-4-9(17)5-12(18)10(11)6-13(16)22/h3-5,13,16,22H,6-7H2,1-2H3,(H,19,23)/t13-,16-/m1/s1. The summed E-state index contributed by atoms with van der Waals surface area (Å²) in [6.07, 6.45) is -0.218. The van der Waals surface area contributed by atoms with Gasteiger partial charge in [-0.1, -0.05) is 28.4 Å². The molecule has 6 nitrogen and oxygen atoms in total. The zero-order valence-electron chi connectivity index (χ0n) is 13.2. The number of aliphatic hydroxyl groups excluding tert-OH is 1. The molecule has 0 saturated carbocycles. The number of benzene rings is 1. The van der Waals surface area contributed by atoms with E-state index < -0.39 is 6.10 Å². The number of carbonyl (C=O) groups is 1. The molecule has 0 radical (unpaired) electrons. The number of aryl methyl sites for hydroxylation is 1. The number of anilines is 1. The van der Waals surface area contributed by atoms with Gasteiger partial charge < -0.3 is 9.63 Å². The van der Waals surface area contributed by atoms with Crippen molar-refractivity contribution >= 4 is 35.0 Å². The Hall–Kier alpha value is -1.60. The Morgan fingerprint density at radius 2 is 2.21 bits per heavy atom. The third-order valence-electron chi connectivity index (χ3n) is 4.05. The van der Waals surface area contributed by atoms with Crippen molar-refractivity contribution in [2.24, 2.45) is 0 Å². The predicted molar refractivity (Wildman–Crippen MR) is 91.4 cm³/mol. The van der Waals surface area contributed by atoms with Crippen LogP contribution in [0, 0.1) is 6.92 Å². The fourth-order valence-electron chi connectivity index (χ4n) is 3.09. The van der Waals surface area contributed by atoms with Crippen LogP contribution >= 0.6 is 23.2 Å². The largest absolute Gasteiger partial charge is 0.391 e. The fraction of sp³-hybridized carbons (Fsp3) is 0.375. The number of carbonyl (C=O) groups excluding carboxylic acids is 1. The van der Waals surface area contributed by atoms with Crippen LogP contribution in [0.25, 0.3) is 0 Å². The number of rotatable bonds is 4. The van der Waals surface area contributed by atoms with Crippen LogP contribution in [0.2, 0.25) is 10.0 Å². The first-order chi connectivity index (χ1) is 11.3. The average molecular weight is 370 g/mol. The lowest BCUT2D eigenvalue weighted by Gasteiger charge is -2.27. The van der Waals surface area contributed by atoms with E-state index >= 15 is 0 Å². The van der Waals surface area contributed by atoms with Gasteiger partial charge in [-0.3, -0.25) is 15.0 Å². The van der Waals surface area contributed by atoms with E-state index in [1.807, 2.05) is 0 Å². The summed E-state index contributed by atoms with van der Waals surface area (Å²) in [6, 6.07) is 4.74. The molecule has 2 N–H and O–H groups in total. The van der Waals surface area contributed by atoms with Gasteiger partial charge in [-0.2, -0.15) is 0 Å². The van der Waals surface area contributed by atoms with Crippen molar-refractivity contribution in [3.05, 3.63) is 45.1 Å². The maximum absolute atomic E-state index is 12.2. The lowest BCUT2D eigenvalue weighted by molar-refractivity contribution is -0.118. The second-order valence-corrected chi connectivity index (χ2v) is 6.81. The first-order valence-corrected chi connectivity index (χ1v) is 8.20. The number of nitrogens with one attached hydrogen (secondary N) is 1. The van der Waals surface area contributed by atoms with Gasteiger partial charge in [0.1, 0.15) is 0 Å². The van der Waals surface area contributed by atoms with Crippen molar-refractivity contribution in [3.8, 4) is 0 Å². The molecule has 0 saturated heterocycles. The van der Waals surface area contributed by atoms with Crippen LogP contribution in [0.5, 0.6) is 0 Å². The van der Waals surface area contributed by atoms with Crippen LogP contribution in [-0.2, 0) is 11.2 Å². The summed E-state index contributed by atoms with van der Waals surface area (Å²) in [7, 11) is 1.77. The molecule has 24 heavy (non-hydrogen) atoms. The zero-order valence-corrected chi connectivity index (χ0v) is 14.7. The third kappa shape index (κ3) is 3.42. The highest BCUT2D eigenvalue weighted by Crippen LogP contribution is 2.40. The molecule has 0 aliphatic heterocycles. The highest BCUT2D eigenvalue weighted by Gasteiger charge is 2.36. The van der Waals surface area contributed by atoms with E-state index in [0.29, 0.717) is 28.0 Å². The zero-order chi connectivity index (χ0) is 17.4. The Bertz CT molecular complexity index is 778. The lowest BCUT2D eigenvalue weighted by atomic mass is 10.1. The summed E-state index contributed by atoms with van der Waals surface area (Å²) in [5.74, 6) is 0.0341. The molecule has 3 rings (SSSR count). The molecule has 1 aromatic heterocycles. The van der Waals surface area contributed by atoms with Crippen LogP contribution < -0.4 is 5.32 Å². The van der Waals surface area contributed by atoms with Gasteiger partial charge in [-0.15, -0.1) is 0 Å². The minimum atomic E-state index is -0.652. The normalized spacial score (nSPS) is 19.6. The van der Waals surface area contributed by atoms with Crippen LogP contribution in [0.1, 0.15) is 22.9 Å². The number of hydrogen-bond acceptors (Lipinski definition) is 5. The summed E-state index contributed by atoms with van der Waals surface area (Å²) in [5, 5.41) is 17.8. The molecule has 0 unspecified atom stereocenters. The van der Waals surface area contributed by atoms with Crippen LogP contribution in [0.15, 0.2) is 22.7 Å². The number of amides is 1. The van der Waals surface area contributed by atoms with Gasteiger partial charge in [0, 0.05) is 22.5 Å². The summed E-state index contributed by atoms with van der Waals surface area (Å²) in [6.45, 7) is 1.84. The molecule has 0 spiro atoms. The van der Waals surface area contributed by atoms with Crippen molar-refractivity contribution in [1.29, 1.82) is 0 Å². The molecule has 2 aromatic rings. The van der Waals surface area contributed by atoms with Crippen LogP contribution in [0.4, 0.5) is 5.88 Å². The van der Waals surface area contributed by atoms with Crippen molar-refractivity contribution in [2.75, 3.05) is 18.9 Å². The second kappa shape index (κ2) is 6.72. The van der Waals surface area contributed by atoms with Gasteiger partial charge in [0.25, 0.3) is 0 Å². The molecule has 1 aromatic carbocycles. The van der Waals surface area contributed by atoms with Crippen molar-refractivity contribution in [2.45, 2.75) is 25.5 Å². The van der Waals surface area contributed by atoms with Gasteiger partial charge in [0.2, 0.25) is 11.8 Å². The van der Waals surface area contributed by atoms with Gasteiger partial charge in [0.15, 0.2) is 0 Å². The Kier molecular flexibility index (Phi) is 4.83. The minimum absolute atomic E-state index is 0.0745. The van der Waals surface area contributed by atoms with Crippen LogP contribution in [-0.4, -0.2) is 40.8 Å². The fourth-order valence-corrected chi connectivity index (χ4v) is 3.67. The number of aliphatic hydroxyl groups is 1. The van der Waals surface area contributed by atoms with Crippen molar-refractivity contribution in [3.63, 3.8) is 0 Å². The lowest BCUT2D eigenvalue weighted by Crippen LogP contribution is -2.37. The quantitative estimate of drug-likeness (QED) is 0.866. The van der Waals surface area contributed by atoms with E-state index in [0.717, 1.165) is 11.1 Å². The molecular weight excluding hydrogens is 353 g/mol. The van der Waals surface area contributed by atoms with E-state index in [1.165, 1.54) is 0 Å². The number of nitrogens with zero attached hydrogens (tertiary/aromatic N) is 2. The molecule has 1 aliphatic carbocycles. The Balaban J connectivity index is 1.74. The molecular formula is C16H17Cl2N3O3. The van der Waals surface area contributed by atoms with Crippen LogP contribution in [0.3, 0.4) is 0 Å². The Morgan fingerprint density at radius 3 is 2.88 bits per heavy atom. The first-order valence-electron chi connectivity index (χ1n) is 7.44. The van der Waals surface area contributed by atoms with Gasteiger partial charge in [-0.25, -0.2) is 0 Å². The summed E-state index contributed by atoms with van der Waals surface area (Å²) >= 11 is 12.3. The summed E-state index contributed by atoms with van der Waals surface area (Å²) in [5.41, 5.74) is 2.41. The first kappa shape index (κ1) is 17.2. The molecule has 8 heteroatoms. The maximum Gasteiger partial charge on any atom is 0.240 e. The number of fused-ring (bicyclic) bond motifs is 1. The number of halogens is 2. The van der Waals surface area contributed by atoms with E-state index in [4.69, 9.17) is 27.7 Å². The van der Waals surface area contributed by atoms with Crippen molar-refractivity contribution < 1.29 is 14.4 Å². The summed E-state index contributed by atoms with van der Waals surface area (Å²) < 4.78 is 4.97.